The van der Waals surface area contributed by atoms with E-state index in [4.69, 9.17) is 9.47 Å². The molecule has 3 aromatic rings. The lowest BCUT2D eigenvalue weighted by Crippen LogP contribution is -2.20. The number of hydrogen-bond acceptors (Lipinski definition) is 6. The van der Waals surface area contributed by atoms with E-state index in [0.29, 0.717) is 38.4 Å². The zero-order chi connectivity index (χ0) is 23.8. The van der Waals surface area contributed by atoms with E-state index >= 15 is 0 Å². The number of hydrogen-bond donors (Lipinski definition) is 1. The Morgan fingerprint density at radius 3 is 2.52 bits per heavy atom. The maximum absolute atomic E-state index is 12.2. The van der Waals surface area contributed by atoms with Crippen LogP contribution in [-0.2, 0) is 4.79 Å². The van der Waals surface area contributed by atoms with Crippen molar-refractivity contribution < 1.29 is 19.2 Å². The van der Waals surface area contributed by atoms with Gasteiger partial charge in [0.15, 0.2) is 6.61 Å². The van der Waals surface area contributed by atoms with Crippen LogP contribution in [0.4, 0.5) is 11.4 Å². The molecule has 8 nitrogen and oxygen atoms in total. The summed E-state index contributed by atoms with van der Waals surface area (Å²) < 4.78 is 11.4. The highest BCUT2D eigenvalue weighted by Crippen LogP contribution is 2.29. The number of rotatable bonds is 8. The summed E-state index contributed by atoms with van der Waals surface area (Å²) in [6, 6.07) is 20.1. The van der Waals surface area contributed by atoms with Gasteiger partial charge in [-0.15, -0.1) is 0 Å². The number of nitrogens with one attached hydrogen (secondary N) is 1. The van der Waals surface area contributed by atoms with E-state index in [1.54, 1.807) is 48.5 Å². The largest absolute Gasteiger partial charge is 0.495 e. The van der Waals surface area contributed by atoms with Gasteiger partial charge in [0.25, 0.3) is 11.6 Å². The molecule has 0 saturated carbocycles. The third-order valence-corrected chi connectivity index (χ3v) is 5.14. The third-order valence-electron chi connectivity index (χ3n) is 4.52. The van der Waals surface area contributed by atoms with Crippen molar-refractivity contribution in [3.63, 3.8) is 0 Å². The lowest BCUT2D eigenvalue weighted by Gasteiger charge is -2.11. The number of benzene rings is 3. The molecule has 3 aromatic carbocycles. The summed E-state index contributed by atoms with van der Waals surface area (Å²) in [4.78, 5) is 22.6. The number of methoxy groups -OCH3 is 1. The predicted octanol–water partition coefficient (Wildman–Crippen LogP) is 5.45. The number of nitriles is 1. The quantitative estimate of drug-likeness (QED) is 0.187. The van der Waals surface area contributed by atoms with Crippen LogP contribution in [0.15, 0.2) is 71.2 Å². The van der Waals surface area contributed by atoms with Crippen LogP contribution in [0.5, 0.6) is 11.5 Å². The number of non-ortho nitro benzene ring substituents is 1. The molecule has 0 aromatic heterocycles. The molecule has 0 atom stereocenters. The van der Waals surface area contributed by atoms with Gasteiger partial charge in [0.05, 0.1) is 33.8 Å². The first kappa shape index (κ1) is 23.5. The van der Waals surface area contributed by atoms with Crippen LogP contribution in [0.3, 0.4) is 0 Å². The summed E-state index contributed by atoms with van der Waals surface area (Å²) in [7, 11) is 1.52. The number of nitro groups is 1. The number of nitro benzene ring substituents is 1. The Morgan fingerprint density at radius 1 is 1.15 bits per heavy atom. The SMILES string of the molecule is COc1ccccc1NC(=O)COc1ccc(/C=C(\C#N)c2ccc([N+](=O)[O-])cc2)cc1Br. The van der Waals surface area contributed by atoms with Crippen LogP contribution in [0.2, 0.25) is 0 Å². The fourth-order valence-corrected chi connectivity index (χ4v) is 3.42. The van der Waals surface area contributed by atoms with E-state index in [-0.39, 0.29) is 18.2 Å². The van der Waals surface area contributed by atoms with Gasteiger partial charge in [-0.05, 0) is 69.5 Å². The van der Waals surface area contributed by atoms with Crippen molar-refractivity contribution in [3.05, 3.63) is 92.4 Å². The molecule has 0 radical (unpaired) electrons. The van der Waals surface area contributed by atoms with Crippen molar-refractivity contribution in [1.29, 1.82) is 5.26 Å². The lowest BCUT2D eigenvalue weighted by molar-refractivity contribution is -0.384. The highest BCUT2D eigenvalue weighted by molar-refractivity contribution is 9.10. The van der Waals surface area contributed by atoms with Crippen LogP contribution < -0.4 is 14.8 Å². The molecular formula is C24H18BrN3O5. The van der Waals surface area contributed by atoms with Crippen molar-refractivity contribution in [2.24, 2.45) is 0 Å². The van der Waals surface area contributed by atoms with E-state index in [0.717, 1.165) is 0 Å². The summed E-state index contributed by atoms with van der Waals surface area (Å²) in [6.45, 7) is -0.210. The number of para-hydroxylation sites is 2. The van der Waals surface area contributed by atoms with Gasteiger partial charge >= 0.3 is 0 Å². The molecule has 9 heteroatoms. The number of ether oxygens (including phenoxy) is 2. The summed E-state index contributed by atoms with van der Waals surface area (Å²) >= 11 is 3.42. The van der Waals surface area contributed by atoms with E-state index in [9.17, 15) is 20.2 Å². The number of allylic oxidation sites excluding steroid dienone is 1. The van der Waals surface area contributed by atoms with Gasteiger partial charge in [-0.25, -0.2) is 0 Å². The molecule has 0 aliphatic heterocycles. The monoisotopic (exact) mass is 507 g/mol. The van der Waals surface area contributed by atoms with E-state index in [1.807, 2.05) is 0 Å². The van der Waals surface area contributed by atoms with Gasteiger partial charge in [0.2, 0.25) is 0 Å². The predicted molar refractivity (Wildman–Crippen MR) is 128 cm³/mol. The summed E-state index contributed by atoms with van der Waals surface area (Å²) in [5.74, 6) is 0.654. The number of carbonyl (C=O) groups is 1. The fourth-order valence-electron chi connectivity index (χ4n) is 2.91. The summed E-state index contributed by atoms with van der Waals surface area (Å²) in [6.07, 6.45) is 1.66. The lowest BCUT2D eigenvalue weighted by atomic mass is 10.0. The average Bonchev–Trinajstić information content (AvgIpc) is 2.82. The van der Waals surface area contributed by atoms with Crippen molar-refractivity contribution in [3.8, 4) is 17.6 Å². The smallest absolute Gasteiger partial charge is 0.269 e. The Kier molecular flexibility index (Phi) is 7.78. The Morgan fingerprint density at radius 2 is 1.88 bits per heavy atom. The van der Waals surface area contributed by atoms with Crippen molar-refractivity contribution in [2.45, 2.75) is 0 Å². The molecule has 3 rings (SSSR count). The van der Waals surface area contributed by atoms with E-state index < -0.39 is 4.92 Å². The van der Waals surface area contributed by atoms with Gasteiger partial charge in [-0.3, -0.25) is 14.9 Å². The van der Waals surface area contributed by atoms with Gasteiger partial charge in [-0.1, -0.05) is 18.2 Å². The standard InChI is InChI=1S/C24H18BrN3O5/c1-32-23-5-3-2-4-21(23)27-24(29)15-33-22-11-6-16(13-20(22)25)12-18(14-26)17-7-9-19(10-8-17)28(30)31/h2-13H,15H2,1H3,(H,27,29)/b18-12+. The molecule has 33 heavy (non-hydrogen) atoms. The maximum atomic E-state index is 12.2. The molecule has 0 aliphatic rings. The summed E-state index contributed by atoms with van der Waals surface area (Å²) in [5, 5.41) is 23.0. The second kappa shape index (κ2) is 10.9. The number of nitrogens with zero attached hydrogens (tertiary/aromatic N) is 2. The van der Waals surface area contributed by atoms with Crippen LogP contribution in [0, 0.1) is 21.4 Å². The molecule has 166 valence electrons. The normalized spacial score (nSPS) is 10.8. The van der Waals surface area contributed by atoms with Gasteiger partial charge in [0.1, 0.15) is 11.5 Å². The minimum Gasteiger partial charge on any atom is -0.495 e. The Labute approximate surface area is 198 Å². The maximum Gasteiger partial charge on any atom is 0.269 e. The second-order valence-electron chi connectivity index (χ2n) is 6.70. The molecule has 0 fully saturated rings. The minimum absolute atomic E-state index is 0.0463. The van der Waals surface area contributed by atoms with Crippen molar-refractivity contribution in [2.75, 3.05) is 19.0 Å². The van der Waals surface area contributed by atoms with Crippen LogP contribution in [0.1, 0.15) is 11.1 Å². The van der Waals surface area contributed by atoms with Crippen molar-refractivity contribution >= 4 is 44.9 Å². The highest BCUT2D eigenvalue weighted by Gasteiger charge is 2.11. The van der Waals surface area contributed by atoms with E-state index in [2.05, 4.69) is 27.3 Å². The fraction of sp³-hybridized carbons (Fsp3) is 0.0833. The first-order valence-corrected chi connectivity index (χ1v) is 10.4. The first-order chi connectivity index (χ1) is 15.9. The Hall–Kier alpha value is -4.16. The third kappa shape index (κ3) is 6.18. The van der Waals surface area contributed by atoms with Crippen LogP contribution in [0.25, 0.3) is 11.6 Å². The number of carbonyl (C=O) groups excluding carboxylic acids is 1. The minimum atomic E-state index is -0.494. The molecule has 0 unspecified atom stereocenters. The van der Waals surface area contributed by atoms with E-state index in [1.165, 1.54) is 31.4 Å². The van der Waals surface area contributed by atoms with Crippen LogP contribution in [-0.4, -0.2) is 24.5 Å². The zero-order valence-corrected chi connectivity index (χ0v) is 19.0. The van der Waals surface area contributed by atoms with Crippen molar-refractivity contribution in [1.82, 2.24) is 0 Å². The number of amides is 1. The van der Waals surface area contributed by atoms with Gasteiger partial charge in [0, 0.05) is 12.1 Å². The molecule has 1 N–H and O–H groups in total. The average molecular weight is 508 g/mol. The molecule has 1 amide bonds. The molecule has 0 aliphatic carbocycles. The number of anilines is 1. The zero-order valence-electron chi connectivity index (χ0n) is 17.4. The summed E-state index contributed by atoms with van der Waals surface area (Å²) in [5.41, 5.74) is 2.12. The first-order valence-electron chi connectivity index (χ1n) is 9.63. The second-order valence-corrected chi connectivity index (χ2v) is 7.56. The van der Waals surface area contributed by atoms with Gasteiger partial charge < -0.3 is 14.8 Å². The van der Waals surface area contributed by atoms with Gasteiger partial charge in [-0.2, -0.15) is 5.26 Å². The Balaban J connectivity index is 1.68. The highest BCUT2D eigenvalue weighted by atomic mass is 79.9. The molecule has 0 bridgehead atoms. The van der Waals surface area contributed by atoms with Crippen LogP contribution >= 0.6 is 15.9 Å². The molecule has 0 spiro atoms. The molecule has 0 saturated heterocycles. The Bertz CT molecular complexity index is 1250. The number of halogens is 1. The topological polar surface area (TPSA) is 114 Å². The molecular weight excluding hydrogens is 490 g/mol. The molecule has 0 heterocycles.